The maximum absolute atomic E-state index is 12.2. The Kier molecular flexibility index (Phi) is 4.37. The summed E-state index contributed by atoms with van der Waals surface area (Å²) in [6.07, 6.45) is 2.05. The highest BCUT2D eigenvalue weighted by molar-refractivity contribution is 6.13. The predicted octanol–water partition coefficient (Wildman–Crippen LogP) is 1.86. The summed E-state index contributed by atoms with van der Waals surface area (Å²) in [7, 11) is 0. The zero-order valence-corrected chi connectivity index (χ0v) is 11.6. The van der Waals surface area contributed by atoms with Gasteiger partial charge in [-0.1, -0.05) is 12.1 Å². The number of carboxylic acids is 1. The number of phenols is 1. The molecule has 21 heavy (non-hydrogen) atoms. The Bertz CT molecular complexity index is 617. The fourth-order valence-electron chi connectivity index (χ4n) is 2.04. The molecule has 0 unspecified atom stereocenters. The molecule has 2 rings (SSSR count). The second-order valence-electron chi connectivity index (χ2n) is 4.73. The summed E-state index contributed by atoms with van der Waals surface area (Å²) in [5, 5.41) is 17.8. The first-order valence-electron chi connectivity index (χ1n) is 6.57. The van der Waals surface area contributed by atoms with Crippen LogP contribution in [-0.2, 0) is 9.59 Å². The van der Waals surface area contributed by atoms with E-state index in [1.807, 2.05) is 0 Å². The summed E-state index contributed by atoms with van der Waals surface area (Å²) in [5.74, 6) is -0.387. The number of amides is 1. The summed E-state index contributed by atoms with van der Waals surface area (Å²) >= 11 is 0. The molecule has 1 aliphatic rings. The number of carbonyl (C=O) groups excluding carboxylic acids is 1. The number of nitrogens with zero attached hydrogens (tertiary/aromatic N) is 2. The molecule has 0 saturated carbocycles. The first-order chi connectivity index (χ1) is 9.97. The van der Waals surface area contributed by atoms with Crippen LogP contribution in [0.2, 0.25) is 0 Å². The van der Waals surface area contributed by atoms with E-state index in [0.717, 1.165) is 5.56 Å². The lowest BCUT2D eigenvalue weighted by Crippen LogP contribution is -2.31. The fraction of sp³-hybridized carbons (Fsp3) is 0.267. The summed E-state index contributed by atoms with van der Waals surface area (Å²) in [4.78, 5) is 28.4. The van der Waals surface area contributed by atoms with Crippen LogP contribution in [-0.4, -0.2) is 39.4 Å². The van der Waals surface area contributed by atoms with E-state index in [1.54, 1.807) is 25.1 Å². The van der Waals surface area contributed by atoms with E-state index < -0.39 is 5.97 Å². The number of benzene rings is 1. The molecule has 1 amide bonds. The number of hydrogen-bond acceptors (Lipinski definition) is 4. The number of aliphatic imine (C=N–C) groups is 1. The van der Waals surface area contributed by atoms with E-state index in [0.29, 0.717) is 24.5 Å². The lowest BCUT2D eigenvalue weighted by Gasteiger charge is -2.14. The average molecular weight is 288 g/mol. The van der Waals surface area contributed by atoms with Crippen molar-refractivity contribution in [1.82, 2.24) is 4.90 Å². The molecule has 1 aromatic carbocycles. The van der Waals surface area contributed by atoms with E-state index in [1.165, 1.54) is 17.0 Å². The molecular formula is C15H16N2O4. The first-order valence-corrected chi connectivity index (χ1v) is 6.57. The largest absolute Gasteiger partial charge is 0.508 e. The molecule has 0 bridgehead atoms. The van der Waals surface area contributed by atoms with Crippen molar-refractivity contribution >= 4 is 23.8 Å². The number of rotatable bonds is 5. The SMILES string of the molecule is CC1=NC(=Cc2ccc(O)cc2)C(=O)N1CCCC(=O)O. The van der Waals surface area contributed by atoms with Crippen LogP contribution in [0.1, 0.15) is 25.3 Å². The Labute approximate surface area is 122 Å². The second kappa shape index (κ2) is 6.21. The normalized spacial score (nSPS) is 16.4. The van der Waals surface area contributed by atoms with Gasteiger partial charge in [0.2, 0.25) is 0 Å². The quantitative estimate of drug-likeness (QED) is 0.809. The van der Waals surface area contributed by atoms with E-state index >= 15 is 0 Å². The molecule has 0 atom stereocenters. The molecule has 1 aliphatic heterocycles. The van der Waals surface area contributed by atoms with Crippen LogP contribution >= 0.6 is 0 Å². The third kappa shape index (κ3) is 3.68. The van der Waals surface area contributed by atoms with Crippen LogP contribution in [0.3, 0.4) is 0 Å². The van der Waals surface area contributed by atoms with Gasteiger partial charge < -0.3 is 10.2 Å². The standard InChI is InChI=1S/C15H16N2O4/c1-10-16-13(9-11-4-6-12(18)7-5-11)15(21)17(10)8-2-3-14(19)20/h4-7,9,18H,2-3,8H2,1H3,(H,19,20). The minimum atomic E-state index is -0.879. The van der Waals surface area contributed by atoms with Gasteiger partial charge in [0.25, 0.3) is 5.91 Å². The highest BCUT2D eigenvalue weighted by atomic mass is 16.4. The Balaban J connectivity index is 2.08. The van der Waals surface area contributed by atoms with Crippen molar-refractivity contribution in [3.63, 3.8) is 0 Å². The third-order valence-corrected chi connectivity index (χ3v) is 3.11. The number of amidine groups is 1. The molecule has 0 aliphatic carbocycles. The predicted molar refractivity (Wildman–Crippen MR) is 77.8 cm³/mol. The average Bonchev–Trinajstić information content (AvgIpc) is 2.68. The highest BCUT2D eigenvalue weighted by Crippen LogP contribution is 2.20. The molecule has 0 fully saturated rings. The molecule has 0 radical (unpaired) electrons. The summed E-state index contributed by atoms with van der Waals surface area (Å²) in [6, 6.07) is 6.45. The van der Waals surface area contributed by atoms with Gasteiger partial charge in [-0.15, -0.1) is 0 Å². The van der Waals surface area contributed by atoms with Gasteiger partial charge in [0.1, 0.15) is 17.3 Å². The summed E-state index contributed by atoms with van der Waals surface area (Å²) in [5.41, 5.74) is 1.08. The molecule has 0 saturated heterocycles. The Morgan fingerprint density at radius 1 is 1.33 bits per heavy atom. The van der Waals surface area contributed by atoms with E-state index in [9.17, 15) is 14.7 Å². The monoisotopic (exact) mass is 288 g/mol. The minimum Gasteiger partial charge on any atom is -0.508 e. The van der Waals surface area contributed by atoms with Gasteiger partial charge in [-0.3, -0.25) is 14.5 Å². The maximum Gasteiger partial charge on any atom is 0.303 e. The third-order valence-electron chi connectivity index (χ3n) is 3.11. The summed E-state index contributed by atoms with van der Waals surface area (Å²) in [6.45, 7) is 2.06. The number of carboxylic acid groups (broad SMARTS) is 1. The van der Waals surface area contributed by atoms with Crippen LogP contribution in [0.15, 0.2) is 35.0 Å². The molecule has 0 aromatic heterocycles. The Morgan fingerprint density at radius 3 is 2.62 bits per heavy atom. The van der Waals surface area contributed by atoms with Crippen LogP contribution in [0, 0.1) is 0 Å². The fourth-order valence-corrected chi connectivity index (χ4v) is 2.04. The molecule has 1 heterocycles. The molecular weight excluding hydrogens is 272 g/mol. The van der Waals surface area contributed by atoms with Crippen molar-refractivity contribution in [3.8, 4) is 5.75 Å². The lowest BCUT2D eigenvalue weighted by atomic mass is 10.2. The van der Waals surface area contributed by atoms with Crippen molar-refractivity contribution in [2.24, 2.45) is 4.99 Å². The number of aromatic hydroxyl groups is 1. The van der Waals surface area contributed by atoms with Crippen LogP contribution in [0.5, 0.6) is 5.75 Å². The van der Waals surface area contributed by atoms with Gasteiger partial charge in [-0.2, -0.15) is 0 Å². The van der Waals surface area contributed by atoms with E-state index in [2.05, 4.69) is 4.99 Å². The Morgan fingerprint density at radius 2 is 2.00 bits per heavy atom. The number of hydrogen-bond donors (Lipinski definition) is 2. The van der Waals surface area contributed by atoms with E-state index in [4.69, 9.17) is 5.11 Å². The van der Waals surface area contributed by atoms with Gasteiger partial charge in [0.05, 0.1) is 0 Å². The number of phenolic OH excluding ortho intramolecular Hbond substituents is 1. The second-order valence-corrected chi connectivity index (χ2v) is 4.73. The smallest absolute Gasteiger partial charge is 0.303 e. The van der Waals surface area contributed by atoms with Gasteiger partial charge in [0, 0.05) is 13.0 Å². The Hall–Kier alpha value is -2.63. The zero-order chi connectivity index (χ0) is 15.4. The highest BCUT2D eigenvalue weighted by Gasteiger charge is 2.26. The topological polar surface area (TPSA) is 90.2 Å². The van der Waals surface area contributed by atoms with Gasteiger partial charge >= 0.3 is 5.97 Å². The van der Waals surface area contributed by atoms with Crippen molar-refractivity contribution < 1.29 is 19.8 Å². The molecule has 2 N–H and O–H groups in total. The number of carbonyl (C=O) groups is 2. The van der Waals surface area contributed by atoms with E-state index in [-0.39, 0.29) is 18.1 Å². The van der Waals surface area contributed by atoms with Crippen molar-refractivity contribution in [1.29, 1.82) is 0 Å². The van der Waals surface area contributed by atoms with Crippen LogP contribution in [0.25, 0.3) is 6.08 Å². The molecule has 0 spiro atoms. The van der Waals surface area contributed by atoms with Gasteiger partial charge in [-0.05, 0) is 37.1 Å². The molecule has 6 heteroatoms. The van der Waals surface area contributed by atoms with Crippen LogP contribution < -0.4 is 0 Å². The number of aliphatic carboxylic acids is 1. The van der Waals surface area contributed by atoms with Crippen molar-refractivity contribution in [3.05, 3.63) is 35.5 Å². The minimum absolute atomic E-state index is 0.0219. The maximum atomic E-state index is 12.2. The molecule has 6 nitrogen and oxygen atoms in total. The van der Waals surface area contributed by atoms with Crippen LogP contribution in [0.4, 0.5) is 0 Å². The van der Waals surface area contributed by atoms with Gasteiger partial charge in [0.15, 0.2) is 0 Å². The van der Waals surface area contributed by atoms with Crippen molar-refractivity contribution in [2.45, 2.75) is 19.8 Å². The van der Waals surface area contributed by atoms with Crippen molar-refractivity contribution in [2.75, 3.05) is 6.54 Å². The first kappa shape index (κ1) is 14.8. The zero-order valence-electron chi connectivity index (χ0n) is 11.6. The summed E-state index contributed by atoms with van der Waals surface area (Å²) < 4.78 is 0. The molecule has 110 valence electrons. The van der Waals surface area contributed by atoms with Gasteiger partial charge in [-0.25, -0.2) is 4.99 Å². The molecule has 1 aromatic rings. The lowest BCUT2D eigenvalue weighted by molar-refractivity contribution is -0.137.